The van der Waals surface area contributed by atoms with Gasteiger partial charge >= 0.3 is 0 Å². The average molecular weight is 232 g/mol. The van der Waals surface area contributed by atoms with E-state index in [0.717, 1.165) is 11.1 Å². The first-order valence-corrected chi connectivity index (χ1v) is 6.00. The van der Waals surface area contributed by atoms with Gasteiger partial charge in [0.25, 0.3) is 0 Å². The van der Waals surface area contributed by atoms with Crippen LogP contribution in [0.25, 0.3) is 11.6 Å². The van der Waals surface area contributed by atoms with Gasteiger partial charge in [-0.1, -0.05) is 91.5 Å². The summed E-state index contributed by atoms with van der Waals surface area (Å²) in [5.41, 5.74) is 3.38. The maximum absolute atomic E-state index is 4.05. The molecule has 0 saturated carbocycles. The molecule has 0 atom stereocenters. The van der Waals surface area contributed by atoms with Crippen LogP contribution >= 0.6 is 0 Å². The Bertz CT molecular complexity index is 545. The second kappa shape index (κ2) is 6.41. The molecule has 0 aliphatic heterocycles. The fourth-order valence-electron chi connectivity index (χ4n) is 1.65. The smallest absolute Gasteiger partial charge is 0.0190 e. The molecule has 88 valence electrons. The van der Waals surface area contributed by atoms with Crippen LogP contribution in [0.3, 0.4) is 0 Å². The Labute approximate surface area is 109 Å². The molecule has 0 fully saturated rings. The van der Waals surface area contributed by atoms with Crippen molar-refractivity contribution in [2.24, 2.45) is 0 Å². The van der Waals surface area contributed by atoms with Crippen molar-refractivity contribution >= 4 is 11.6 Å². The molecule has 0 amide bonds. The fraction of sp³-hybridized carbons (Fsp3) is 0. The van der Waals surface area contributed by atoms with Crippen molar-refractivity contribution in [3.05, 3.63) is 96.6 Å². The molecule has 0 nitrogen and oxygen atoms in total. The summed E-state index contributed by atoms with van der Waals surface area (Å²) in [6.45, 7) is 4.05. The maximum Gasteiger partial charge on any atom is -0.0190 e. The summed E-state index contributed by atoms with van der Waals surface area (Å²) < 4.78 is 0. The summed E-state index contributed by atoms with van der Waals surface area (Å²) in [7, 11) is 0. The molecule has 18 heavy (non-hydrogen) atoms. The van der Waals surface area contributed by atoms with E-state index in [2.05, 4.69) is 36.9 Å². The molecule has 2 rings (SSSR count). The summed E-state index contributed by atoms with van der Waals surface area (Å²) in [6, 6.07) is 20.4. The fourth-order valence-corrected chi connectivity index (χ4v) is 1.65. The monoisotopic (exact) mass is 232 g/mol. The van der Waals surface area contributed by atoms with Crippen LogP contribution in [-0.2, 0) is 0 Å². The number of hydrogen-bond donors (Lipinski definition) is 0. The predicted octanol–water partition coefficient (Wildman–Crippen LogP) is 4.97. The maximum atomic E-state index is 4.05. The largest absolute Gasteiger partial charge is 0.0912 e. The van der Waals surface area contributed by atoms with Crippen LogP contribution in [0.5, 0.6) is 0 Å². The van der Waals surface area contributed by atoms with Gasteiger partial charge < -0.3 is 0 Å². The van der Waals surface area contributed by atoms with Crippen LogP contribution in [0.1, 0.15) is 11.1 Å². The first kappa shape index (κ1) is 12.1. The number of allylic oxidation sites excluding steroid dienone is 4. The SMILES string of the molecule is C=C(C=CC=Cc1ccccc1)c1ccccc1. The molecule has 0 unspecified atom stereocenters. The van der Waals surface area contributed by atoms with Crippen LogP contribution < -0.4 is 0 Å². The molecule has 2 aromatic carbocycles. The van der Waals surface area contributed by atoms with Crippen molar-refractivity contribution in [2.45, 2.75) is 0 Å². The number of rotatable bonds is 4. The van der Waals surface area contributed by atoms with E-state index in [4.69, 9.17) is 0 Å². The van der Waals surface area contributed by atoms with Crippen LogP contribution in [0.4, 0.5) is 0 Å². The average Bonchev–Trinajstić information content (AvgIpc) is 2.45. The van der Waals surface area contributed by atoms with E-state index >= 15 is 0 Å². The third-order valence-corrected chi connectivity index (χ3v) is 2.64. The van der Waals surface area contributed by atoms with Crippen molar-refractivity contribution in [2.75, 3.05) is 0 Å². The van der Waals surface area contributed by atoms with Gasteiger partial charge in [0.1, 0.15) is 0 Å². The second-order valence-corrected chi connectivity index (χ2v) is 4.02. The lowest BCUT2D eigenvalue weighted by Gasteiger charge is -1.97. The number of hydrogen-bond acceptors (Lipinski definition) is 0. The van der Waals surface area contributed by atoms with Gasteiger partial charge in [-0.2, -0.15) is 0 Å². The standard InChI is InChI=1S/C18H16/c1-16(18-14-6-3-7-15-18)10-8-9-13-17-11-4-2-5-12-17/h2-15H,1H2. The van der Waals surface area contributed by atoms with Gasteiger partial charge in [-0.25, -0.2) is 0 Å². The summed E-state index contributed by atoms with van der Waals surface area (Å²) in [6.07, 6.45) is 8.15. The molecule has 0 heteroatoms. The van der Waals surface area contributed by atoms with E-state index in [0.29, 0.717) is 0 Å². The first-order chi connectivity index (χ1) is 8.86. The molecule has 0 aromatic heterocycles. The minimum Gasteiger partial charge on any atom is -0.0912 e. The van der Waals surface area contributed by atoms with E-state index in [9.17, 15) is 0 Å². The summed E-state index contributed by atoms with van der Waals surface area (Å²) in [4.78, 5) is 0. The van der Waals surface area contributed by atoms with Gasteiger partial charge in [0.05, 0.1) is 0 Å². The quantitative estimate of drug-likeness (QED) is 0.653. The van der Waals surface area contributed by atoms with Crippen molar-refractivity contribution < 1.29 is 0 Å². The number of benzene rings is 2. The molecule has 2 aromatic rings. The second-order valence-electron chi connectivity index (χ2n) is 4.02. The Kier molecular flexibility index (Phi) is 4.32. The first-order valence-electron chi connectivity index (χ1n) is 6.00. The molecular formula is C18H16. The molecule has 0 saturated heterocycles. The Morgan fingerprint density at radius 3 is 2.06 bits per heavy atom. The van der Waals surface area contributed by atoms with Gasteiger partial charge in [0.15, 0.2) is 0 Å². The van der Waals surface area contributed by atoms with E-state index in [1.54, 1.807) is 0 Å². The van der Waals surface area contributed by atoms with Gasteiger partial charge in [0, 0.05) is 0 Å². The molecule has 0 bridgehead atoms. The van der Waals surface area contributed by atoms with Gasteiger partial charge in [0.2, 0.25) is 0 Å². The van der Waals surface area contributed by atoms with E-state index in [1.807, 2.05) is 54.6 Å². The lowest BCUT2D eigenvalue weighted by molar-refractivity contribution is 1.63. The van der Waals surface area contributed by atoms with Crippen LogP contribution in [-0.4, -0.2) is 0 Å². The molecule has 0 aliphatic carbocycles. The minimum absolute atomic E-state index is 1.02. The highest BCUT2D eigenvalue weighted by Gasteiger charge is 1.90. The third kappa shape index (κ3) is 3.60. The zero-order valence-corrected chi connectivity index (χ0v) is 10.3. The zero-order valence-electron chi connectivity index (χ0n) is 10.3. The van der Waals surface area contributed by atoms with Crippen molar-refractivity contribution in [3.8, 4) is 0 Å². The lowest BCUT2D eigenvalue weighted by atomic mass is 10.1. The Morgan fingerprint density at radius 2 is 1.39 bits per heavy atom. The summed E-state index contributed by atoms with van der Waals surface area (Å²) in [5, 5.41) is 0. The van der Waals surface area contributed by atoms with Crippen molar-refractivity contribution in [3.63, 3.8) is 0 Å². The van der Waals surface area contributed by atoms with Gasteiger partial charge in [-0.15, -0.1) is 0 Å². The van der Waals surface area contributed by atoms with Crippen molar-refractivity contribution in [1.82, 2.24) is 0 Å². The van der Waals surface area contributed by atoms with E-state index in [-0.39, 0.29) is 0 Å². The normalized spacial score (nSPS) is 11.1. The molecule has 0 N–H and O–H groups in total. The summed E-state index contributed by atoms with van der Waals surface area (Å²) in [5.74, 6) is 0. The van der Waals surface area contributed by atoms with E-state index < -0.39 is 0 Å². The highest BCUT2D eigenvalue weighted by atomic mass is 14.0. The minimum atomic E-state index is 1.02. The molecule has 0 heterocycles. The molecular weight excluding hydrogens is 216 g/mol. The lowest BCUT2D eigenvalue weighted by Crippen LogP contribution is -1.76. The van der Waals surface area contributed by atoms with Crippen LogP contribution in [0.2, 0.25) is 0 Å². The molecule has 0 radical (unpaired) electrons. The van der Waals surface area contributed by atoms with Crippen LogP contribution in [0.15, 0.2) is 85.5 Å². The Hall–Kier alpha value is -2.34. The summed E-state index contributed by atoms with van der Waals surface area (Å²) >= 11 is 0. The highest BCUT2D eigenvalue weighted by Crippen LogP contribution is 2.12. The van der Waals surface area contributed by atoms with Gasteiger partial charge in [-0.3, -0.25) is 0 Å². The van der Waals surface area contributed by atoms with Crippen molar-refractivity contribution in [1.29, 1.82) is 0 Å². The predicted molar refractivity (Wildman–Crippen MR) is 80.1 cm³/mol. The molecule has 0 spiro atoms. The molecule has 0 aliphatic rings. The Balaban J connectivity index is 1.96. The highest BCUT2D eigenvalue weighted by molar-refractivity contribution is 5.72. The van der Waals surface area contributed by atoms with Gasteiger partial charge in [-0.05, 0) is 16.7 Å². The Morgan fingerprint density at radius 1 is 0.778 bits per heavy atom. The van der Waals surface area contributed by atoms with E-state index in [1.165, 1.54) is 5.56 Å². The van der Waals surface area contributed by atoms with Crippen LogP contribution in [0, 0.1) is 0 Å². The topological polar surface area (TPSA) is 0 Å². The zero-order chi connectivity index (χ0) is 12.6. The third-order valence-electron chi connectivity index (χ3n) is 2.64.